The highest BCUT2D eigenvalue weighted by Crippen LogP contribution is 2.21. The minimum Gasteiger partial charge on any atom is -0.336 e. The fourth-order valence-electron chi connectivity index (χ4n) is 2.31. The van der Waals surface area contributed by atoms with Crippen molar-refractivity contribution in [3.05, 3.63) is 54.1 Å². The van der Waals surface area contributed by atoms with Crippen molar-refractivity contribution in [1.82, 2.24) is 18.6 Å². The van der Waals surface area contributed by atoms with Crippen molar-refractivity contribution in [1.29, 1.82) is 0 Å². The summed E-state index contributed by atoms with van der Waals surface area (Å²) in [5.74, 6) is 0.656. The van der Waals surface area contributed by atoms with E-state index in [4.69, 9.17) is 0 Å². The van der Waals surface area contributed by atoms with E-state index in [-0.39, 0.29) is 0 Å². The molecular weight excluding hydrogens is 312 g/mol. The molecule has 0 aliphatic carbocycles. The van der Waals surface area contributed by atoms with E-state index in [9.17, 15) is 8.42 Å². The SMILES string of the molecule is CCCCN(C)S(=O)(=O)NC(c1ccccc1)c1nccn1C. The Balaban J connectivity index is 2.31. The topological polar surface area (TPSA) is 67.2 Å². The number of nitrogens with zero attached hydrogens (tertiary/aromatic N) is 3. The van der Waals surface area contributed by atoms with Gasteiger partial charge in [0, 0.05) is 33.0 Å². The lowest BCUT2D eigenvalue weighted by molar-refractivity contribution is 0.442. The van der Waals surface area contributed by atoms with Crippen LogP contribution in [0, 0.1) is 0 Å². The first-order chi connectivity index (χ1) is 11.0. The van der Waals surface area contributed by atoms with Gasteiger partial charge in [-0.25, -0.2) is 4.98 Å². The second-order valence-electron chi connectivity index (χ2n) is 5.54. The molecule has 0 spiro atoms. The van der Waals surface area contributed by atoms with Crippen molar-refractivity contribution in [3.8, 4) is 0 Å². The molecule has 0 saturated carbocycles. The standard InChI is InChI=1S/C16H24N4O2S/c1-4-5-12-20(3)23(21,22)18-15(14-9-7-6-8-10-14)16-17-11-13-19(16)2/h6-11,13,15,18H,4-5,12H2,1-3H3. The molecular formula is C16H24N4O2S. The molecule has 1 heterocycles. The van der Waals surface area contributed by atoms with Crippen LogP contribution in [0.2, 0.25) is 0 Å². The molecule has 2 aromatic rings. The van der Waals surface area contributed by atoms with Crippen molar-refractivity contribution in [2.45, 2.75) is 25.8 Å². The maximum absolute atomic E-state index is 12.6. The Labute approximate surface area is 138 Å². The molecule has 126 valence electrons. The Hall–Kier alpha value is -1.70. The molecule has 6 nitrogen and oxygen atoms in total. The summed E-state index contributed by atoms with van der Waals surface area (Å²) in [5, 5.41) is 0. The number of imidazole rings is 1. The first-order valence-electron chi connectivity index (χ1n) is 7.71. The second kappa shape index (κ2) is 7.72. The average Bonchev–Trinajstić information content (AvgIpc) is 2.97. The van der Waals surface area contributed by atoms with Crippen LogP contribution in [-0.2, 0) is 17.3 Å². The van der Waals surface area contributed by atoms with E-state index in [0.29, 0.717) is 12.4 Å². The van der Waals surface area contributed by atoms with Crippen LogP contribution in [0.1, 0.15) is 37.2 Å². The highest BCUT2D eigenvalue weighted by Gasteiger charge is 2.26. The number of aryl methyl sites for hydroxylation is 1. The van der Waals surface area contributed by atoms with E-state index in [0.717, 1.165) is 18.4 Å². The lowest BCUT2D eigenvalue weighted by atomic mass is 10.1. The average molecular weight is 336 g/mol. The quantitative estimate of drug-likeness (QED) is 0.802. The van der Waals surface area contributed by atoms with E-state index < -0.39 is 16.3 Å². The van der Waals surface area contributed by atoms with Crippen LogP contribution in [-0.4, -0.2) is 35.9 Å². The summed E-state index contributed by atoms with van der Waals surface area (Å²) in [6.07, 6.45) is 5.25. The number of benzene rings is 1. The first kappa shape index (κ1) is 17.7. The Bertz CT molecular complexity index is 713. The summed E-state index contributed by atoms with van der Waals surface area (Å²) in [4.78, 5) is 4.32. The molecule has 0 aliphatic heterocycles. The molecule has 0 radical (unpaired) electrons. The van der Waals surface area contributed by atoms with Crippen molar-refractivity contribution < 1.29 is 8.42 Å². The van der Waals surface area contributed by atoms with Crippen molar-refractivity contribution in [2.24, 2.45) is 7.05 Å². The van der Waals surface area contributed by atoms with Gasteiger partial charge in [0.15, 0.2) is 0 Å². The zero-order valence-corrected chi connectivity index (χ0v) is 14.6. The smallest absolute Gasteiger partial charge is 0.280 e. The molecule has 0 aliphatic rings. The fraction of sp³-hybridized carbons (Fsp3) is 0.438. The Morgan fingerprint density at radius 2 is 2.00 bits per heavy atom. The van der Waals surface area contributed by atoms with Crippen LogP contribution in [0.4, 0.5) is 0 Å². The molecule has 7 heteroatoms. The van der Waals surface area contributed by atoms with Gasteiger partial charge in [-0.3, -0.25) is 0 Å². The Morgan fingerprint density at radius 3 is 2.57 bits per heavy atom. The number of hydrogen-bond donors (Lipinski definition) is 1. The maximum atomic E-state index is 12.6. The van der Waals surface area contributed by atoms with Gasteiger partial charge < -0.3 is 4.57 Å². The van der Waals surface area contributed by atoms with Gasteiger partial charge in [-0.15, -0.1) is 0 Å². The largest absolute Gasteiger partial charge is 0.336 e. The van der Waals surface area contributed by atoms with Crippen LogP contribution < -0.4 is 4.72 Å². The maximum Gasteiger partial charge on any atom is 0.280 e. The molecule has 1 atom stereocenters. The first-order valence-corrected chi connectivity index (χ1v) is 9.15. The minimum absolute atomic E-state index is 0.494. The van der Waals surface area contributed by atoms with Crippen LogP contribution in [0.3, 0.4) is 0 Å². The molecule has 0 bridgehead atoms. The zero-order chi connectivity index (χ0) is 16.9. The number of hydrogen-bond acceptors (Lipinski definition) is 3. The summed E-state index contributed by atoms with van der Waals surface area (Å²) >= 11 is 0. The Kier molecular flexibility index (Phi) is 5.92. The van der Waals surface area contributed by atoms with Crippen LogP contribution in [0.5, 0.6) is 0 Å². The van der Waals surface area contributed by atoms with Crippen molar-refractivity contribution in [3.63, 3.8) is 0 Å². The highest BCUT2D eigenvalue weighted by atomic mass is 32.2. The van der Waals surface area contributed by atoms with Gasteiger partial charge in [-0.05, 0) is 12.0 Å². The lowest BCUT2D eigenvalue weighted by Gasteiger charge is -2.23. The summed E-state index contributed by atoms with van der Waals surface area (Å²) in [5.41, 5.74) is 0.856. The number of aromatic nitrogens is 2. The molecule has 1 aromatic heterocycles. The van der Waals surface area contributed by atoms with E-state index in [1.807, 2.05) is 48.9 Å². The van der Waals surface area contributed by atoms with Crippen LogP contribution in [0.15, 0.2) is 42.7 Å². The van der Waals surface area contributed by atoms with E-state index in [1.165, 1.54) is 4.31 Å². The van der Waals surface area contributed by atoms with Gasteiger partial charge in [0.1, 0.15) is 11.9 Å². The van der Waals surface area contributed by atoms with Gasteiger partial charge in [0.05, 0.1) is 0 Å². The van der Waals surface area contributed by atoms with E-state index in [1.54, 1.807) is 19.4 Å². The minimum atomic E-state index is -3.59. The number of rotatable bonds is 8. The molecule has 1 aromatic carbocycles. The van der Waals surface area contributed by atoms with Crippen LogP contribution >= 0.6 is 0 Å². The van der Waals surface area contributed by atoms with Gasteiger partial charge in [0.2, 0.25) is 0 Å². The van der Waals surface area contributed by atoms with Gasteiger partial charge >= 0.3 is 0 Å². The second-order valence-corrected chi connectivity index (χ2v) is 7.35. The molecule has 0 amide bonds. The summed E-state index contributed by atoms with van der Waals surface area (Å²) in [6, 6.07) is 8.95. The molecule has 23 heavy (non-hydrogen) atoms. The van der Waals surface area contributed by atoms with Gasteiger partial charge in [0.25, 0.3) is 10.2 Å². The third kappa shape index (κ3) is 4.40. The lowest BCUT2D eigenvalue weighted by Crippen LogP contribution is -2.41. The Morgan fingerprint density at radius 1 is 1.30 bits per heavy atom. The van der Waals surface area contributed by atoms with Gasteiger partial charge in [-0.2, -0.15) is 17.4 Å². The van der Waals surface area contributed by atoms with E-state index >= 15 is 0 Å². The molecule has 1 N–H and O–H groups in total. The van der Waals surface area contributed by atoms with E-state index in [2.05, 4.69) is 9.71 Å². The zero-order valence-electron chi connectivity index (χ0n) is 13.8. The fourth-order valence-corrected chi connectivity index (χ4v) is 3.40. The molecule has 1 unspecified atom stereocenters. The third-order valence-electron chi connectivity index (χ3n) is 3.75. The predicted molar refractivity (Wildman–Crippen MR) is 91.1 cm³/mol. The third-order valence-corrected chi connectivity index (χ3v) is 5.29. The monoisotopic (exact) mass is 336 g/mol. The molecule has 0 fully saturated rings. The summed E-state index contributed by atoms with van der Waals surface area (Å²) in [7, 11) is -0.142. The highest BCUT2D eigenvalue weighted by molar-refractivity contribution is 7.87. The summed E-state index contributed by atoms with van der Waals surface area (Å²) in [6.45, 7) is 2.53. The normalized spacial score (nSPS) is 13.4. The molecule has 2 rings (SSSR count). The van der Waals surface area contributed by atoms with Crippen LogP contribution in [0.25, 0.3) is 0 Å². The van der Waals surface area contributed by atoms with Crippen molar-refractivity contribution >= 4 is 10.2 Å². The van der Waals surface area contributed by atoms with Crippen molar-refractivity contribution in [2.75, 3.05) is 13.6 Å². The number of nitrogens with one attached hydrogen (secondary N) is 1. The summed E-state index contributed by atoms with van der Waals surface area (Å²) < 4.78 is 31.2. The number of unbranched alkanes of at least 4 members (excludes halogenated alkanes) is 1. The predicted octanol–water partition coefficient (Wildman–Crippen LogP) is 2.08. The van der Waals surface area contributed by atoms with Gasteiger partial charge in [-0.1, -0.05) is 43.7 Å². The molecule has 0 saturated heterocycles.